The Hall–Kier alpha value is -6.56. The number of benzene rings is 4. The van der Waals surface area contributed by atoms with Gasteiger partial charge in [0.25, 0.3) is 0 Å². The van der Waals surface area contributed by atoms with Gasteiger partial charge in [-0.3, -0.25) is 0 Å². The van der Waals surface area contributed by atoms with Gasteiger partial charge in [0, 0.05) is 58.5 Å². The van der Waals surface area contributed by atoms with Crippen molar-refractivity contribution >= 4 is 89.1 Å². The van der Waals surface area contributed by atoms with Crippen molar-refractivity contribution in [3.63, 3.8) is 0 Å². The van der Waals surface area contributed by atoms with Gasteiger partial charge in [-0.05, 0) is 25.7 Å². The van der Waals surface area contributed by atoms with Crippen LogP contribution in [0.3, 0.4) is 0 Å². The number of aromatic nitrogens is 4. The third-order valence-electron chi connectivity index (χ3n) is 19.5. The first-order valence-electron chi connectivity index (χ1n) is 38.0. The second-order valence-electron chi connectivity index (χ2n) is 27.1. The molecule has 5 heterocycles. The van der Waals surface area contributed by atoms with Gasteiger partial charge in [-0.2, -0.15) is 0 Å². The first-order chi connectivity index (χ1) is 45.6. The molecule has 0 saturated heterocycles. The zero-order valence-electron chi connectivity index (χ0n) is 57.8. The largest absolute Gasteiger partial charge is 0.383 e. The summed E-state index contributed by atoms with van der Waals surface area (Å²) in [5.41, 5.74) is 7.45. The molecule has 12 nitrogen and oxygen atoms in total. The van der Waals surface area contributed by atoms with Crippen LogP contribution in [0.5, 0.6) is 0 Å². The Balaban J connectivity index is 1.18. The van der Waals surface area contributed by atoms with Gasteiger partial charge in [-0.1, -0.05) is 332 Å². The second kappa shape index (κ2) is 39.9. The molecule has 0 saturated carbocycles. The molecular weight excluding hydrogens is 1130 g/mol. The Labute approximate surface area is 552 Å². The minimum atomic E-state index is 0.742. The molecule has 1 aliphatic heterocycles. The van der Waals surface area contributed by atoms with Gasteiger partial charge >= 0.3 is 0 Å². The van der Waals surface area contributed by atoms with Crippen LogP contribution in [0.1, 0.15) is 285 Å². The molecule has 4 aromatic heterocycles. The summed E-state index contributed by atoms with van der Waals surface area (Å²) in [4.78, 5) is 37.7. The van der Waals surface area contributed by atoms with Crippen LogP contribution in [-0.2, 0) is 0 Å². The number of aromatic amines is 4. The lowest BCUT2D eigenvalue weighted by atomic mass is 10.0. The fraction of sp³-hybridized carbons (Fsp3) is 0.600. The molecule has 1 aliphatic rings. The maximum absolute atomic E-state index is 5.80. The summed E-state index contributed by atoms with van der Waals surface area (Å²) in [6.07, 6.45) is 52.0. The quantitative estimate of drug-likeness (QED) is 0.0178. The van der Waals surface area contributed by atoms with Crippen LogP contribution in [0.15, 0.2) is 92.8 Å². The second-order valence-corrected chi connectivity index (χ2v) is 27.1. The van der Waals surface area contributed by atoms with Crippen LogP contribution >= 0.6 is 0 Å². The monoisotopic (exact) mass is 1250 g/mol. The summed E-state index contributed by atoms with van der Waals surface area (Å²) in [6, 6.07) is 25.5. The van der Waals surface area contributed by atoms with Crippen molar-refractivity contribution in [3.05, 3.63) is 94.7 Å². The zero-order valence-corrected chi connectivity index (χ0v) is 57.8. The van der Waals surface area contributed by atoms with Crippen molar-refractivity contribution in [2.75, 3.05) is 47.4 Å². The van der Waals surface area contributed by atoms with Crippen LogP contribution < -0.4 is 43.2 Å². The molecule has 8 bridgehead atoms. The molecule has 0 atom stereocenters. The van der Waals surface area contributed by atoms with E-state index in [1.165, 1.54) is 231 Å². The first kappa shape index (κ1) is 69.8. The topological polar surface area (TPSA) is 161 Å². The molecule has 12 heteroatoms. The van der Waals surface area contributed by atoms with E-state index in [2.05, 4.69) is 142 Å². The highest BCUT2D eigenvalue weighted by atomic mass is 15.1. The zero-order chi connectivity index (χ0) is 63.6. The average molecular weight is 1250 g/mol. The standard InChI is InChI=1S/C80H120N12/c1-5-9-13-17-21-25-29-33-37-47-57-81-69-67-68(80-91-78-66-56-46-44-54-64(66)76(89-78)87-74-62-52-42-41-51-61(62)73(85-74)86-75-63-53-43-45-55-65(63)77(88-75)90-79(67)92-80)70(82-58-48-38-34-30-26-22-18-14-10-6-2)72(84-60-50-40-36-32-28-24-20-16-12-8-4)71(69)83-59-49-39-35-31-27-23-19-15-11-7-3/h41-46,51-56,81-84H,5-40,47-50,57-60H2,1-4H3,(H4,85,86,87,88,89,90,91,92). The Morgan fingerprint density at radius 2 is 0.435 bits per heavy atom. The van der Waals surface area contributed by atoms with E-state index in [1.807, 2.05) is 0 Å². The van der Waals surface area contributed by atoms with Gasteiger partial charge in [0.15, 0.2) is 0 Å². The summed E-state index contributed by atoms with van der Waals surface area (Å²) in [5.74, 6) is 2.99. The van der Waals surface area contributed by atoms with Crippen LogP contribution in [0, 0.1) is 0 Å². The first-order valence-corrected chi connectivity index (χ1v) is 38.0. The Kier molecular flexibility index (Phi) is 30.2. The number of unbranched alkanes of at least 4 members (excludes halogenated alkanes) is 36. The highest BCUT2D eigenvalue weighted by Gasteiger charge is 2.25. The number of fused-ring (bicyclic) bond motifs is 20. The predicted octanol–water partition coefficient (Wildman–Crippen LogP) is 23.1. The van der Waals surface area contributed by atoms with E-state index < -0.39 is 0 Å². The van der Waals surface area contributed by atoms with Crippen molar-refractivity contribution < 1.29 is 0 Å². The minimum absolute atomic E-state index is 0.742. The lowest BCUT2D eigenvalue weighted by molar-refractivity contribution is 0.559. The summed E-state index contributed by atoms with van der Waals surface area (Å²) in [7, 11) is 0. The maximum Gasteiger partial charge on any atom is 0.144 e. The number of hydrogen-bond donors (Lipinski definition) is 8. The number of hydrogen-bond acceptors (Lipinski definition) is 8. The van der Waals surface area contributed by atoms with E-state index in [4.69, 9.17) is 20.0 Å². The SMILES string of the molecule is CCCCCCCCCCCCNc1c(NCCCCCCCCCCCC)c(NCCCCCCCCCCCC)c2c3[nH]c(c2c1NCCCCCCCCCCCC)=Nc1[nH]c(c2ccccc12)N=c1[nH]c(c2ccccc12)=Nc1[nH]c(c2ccccc12)N=3. The highest BCUT2D eigenvalue weighted by molar-refractivity contribution is 6.14. The lowest BCUT2D eigenvalue weighted by Gasteiger charge is -2.24. The number of nitrogens with one attached hydrogen (secondary N) is 8. The van der Waals surface area contributed by atoms with E-state index in [-0.39, 0.29) is 0 Å². The van der Waals surface area contributed by atoms with Crippen molar-refractivity contribution in [1.82, 2.24) is 19.9 Å². The third kappa shape index (κ3) is 20.5. The lowest BCUT2D eigenvalue weighted by Crippen LogP contribution is -2.17. The number of nitrogens with zero attached hydrogens (tertiary/aromatic N) is 4. The van der Waals surface area contributed by atoms with Crippen LogP contribution in [0.25, 0.3) is 43.1 Å². The molecule has 0 unspecified atom stereocenters. The average Bonchev–Trinajstić information content (AvgIpc) is 1.39. The maximum atomic E-state index is 5.80. The van der Waals surface area contributed by atoms with Gasteiger partial charge in [-0.15, -0.1) is 0 Å². The van der Waals surface area contributed by atoms with E-state index in [0.29, 0.717) is 0 Å². The van der Waals surface area contributed by atoms with Crippen molar-refractivity contribution in [2.24, 2.45) is 20.0 Å². The Morgan fingerprint density at radius 1 is 0.228 bits per heavy atom. The number of rotatable bonds is 48. The fourth-order valence-electron chi connectivity index (χ4n) is 14.0. The minimum Gasteiger partial charge on any atom is -0.383 e. The van der Waals surface area contributed by atoms with Gasteiger partial charge in [0.2, 0.25) is 0 Å². The molecule has 8 N–H and O–H groups in total. The Morgan fingerprint density at radius 3 is 0.696 bits per heavy atom. The number of anilines is 4. The molecule has 0 radical (unpaired) electrons. The van der Waals surface area contributed by atoms with Crippen LogP contribution in [0.4, 0.5) is 46.0 Å². The molecule has 500 valence electrons. The molecular formula is C80H120N12. The molecule has 9 rings (SSSR count). The molecule has 92 heavy (non-hydrogen) atoms. The van der Waals surface area contributed by atoms with E-state index in [1.54, 1.807) is 0 Å². The molecule has 0 fully saturated rings. The van der Waals surface area contributed by atoms with Crippen molar-refractivity contribution in [3.8, 4) is 0 Å². The van der Waals surface area contributed by atoms with E-state index >= 15 is 0 Å². The predicted molar refractivity (Wildman–Crippen MR) is 398 cm³/mol. The number of H-pyrrole nitrogens is 4. The molecule has 0 amide bonds. The summed E-state index contributed by atoms with van der Waals surface area (Å²) in [5, 5.41) is 25.0. The van der Waals surface area contributed by atoms with E-state index in [0.717, 1.165) is 163 Å². The van der Waals surface area contributed by atoms with Gasteiger partial charge in [0.05, 0.1) is 33.5 Å². The van der Waals surface area contributed by atoms with Gasteiger partial charge in [-0.25, -0.2) is 20.0 Å². The van der Waals surface area contributed by atoms with Gasteiger partial charge < -0.3 is 41.2 Å². The normalized spacial score (nSPS) is 12.2. The smallest absolute Gasteiger partial charge is 0.144 e. The molecule has 8 aromatic rings. The van der Waals surface area contributed by atoms with E-state index in [9.17, 15) is 0 Å². The molecule has 0 aliphatic carbocycles. The van der Waals surface area contributed by atoms with Crippen LogP contribution in [-0.4, -0.2) is 46.1 Å². The van der Waals surface area contributed by atoms with Crippen molar-refractivity contribution in [1.29, 1.82) is 0 Å². The summed E-state index contributed by atoms with van der Waals surface area (Å²) >= 11 is 0. The fourth-order valence-corrected chi connectivity index (χ4v) is 14.0. The van der Waals surface area contributed by atoms with Crippen LogP contribution in [0.2, 0.25) is 0 Å². The summed E-state index contributed by atoms with van der Waals surface area (Å²) in [6.45, 7) is 12.7. The molecule has 0 spiro atoms. The Bertz CT molecular complexity index is 3440. The van der Waals surface area contributed by atoms with Crippen molar-refractivity contribution in [2.45, 2.75) is 285 Å². The van der Waals surface area contributed by atoms with Gasteiger partial charge in [0.1, 0.15) is 45.2 Å². The third-order valence-corrected chi connectivity index (χ3v) is 19.5. The highest BCUT2D eigenvalue weighted by Crippen LogP contribution is 2.45. The summed E-state index contributed by atoms with van der Waals surface area (Å²) < 4.78 is 0. The molecule has 4 aromatic carbocycles.